The molecule has 4 nitrogen and oxygen atoms in total. The van der Waals surface area contributed by atoms with E-state index in [1.807, 2.05) is 0 Å². The average molecular weight is 419 g/mol. The van der Waals surface area contributed by atoms with E-state index in [0.717, 1.165) is 19.0 Å². The minimum atomic E-state index is -0.114. The highest BCUT2D eigenvalue weighted by atomic mass is 127. The summed E-state index contributed by atoms with van der Waals surface area (Å²) < 4.78 is 5.81. The Kier molecular flexibility index (Phi) is 10.4. The monoisotopic (exact) mass is 419 g/mol. The lowest BCUT2D eigenvalue weighted by Gasteiger charge is -2.19. The number of nitrogens with one attached hydrogen (secondary N) is 2. The van der Waals surface area contributed by atoms with Crippen molar-refractivity contribution in [2.45, 2.75) is 53.4 Å². The zero-order valence-corrected chi connectivity index (χ0v) is 16.7. The maximum absolute atomic E-state index is 5.81. The molecule has 0 spiro atoms. The molecule has 0 saturated heterocycles. The molecule has 0 amide bonds. The van der Waals surface area contributed by atoms with E-state index >= 15 is 0 Å². The molecule has 0 unspecified atom stereocenters. The largest absolute Gasteiger partial charge is 0.371 e. The van der Waals surface area contributed by atoms with Crippen LogP contribution in [-0.4, -0.2) is 24.7 Å². The summed E-state index contributed by atoms with van der Waals surface area (Å²) in [5.74, 6) is 0.858. The SMILES string of the molecule is CCNC(=NCc1cccc(COC(C)(C)C)c1)NCC.I. The van der Waals surface area contributed by atoms with E-state index in [1.54, 1.807) is 0 Å². The topological polar surface area (TPSA) is 45.7 Å². The number of rotatable bonds is 6. The fourth-order valence-corrected chi connectivity index (χ4v) is 1.80. The molecule has 5 heteroatoms. The van der Waals surface area contributed by atoms with E-state index in [2.05, 4.69) is 74.5 Å². The molecule has 0 aliphatic carbocycles. The Hall–Kier alpha value is -0.820. The molecular formula is C17H30IN3O. The molecule has 0 fully saturated rings. The first kappa shape index (κ1) is 21.2. The van der Waals surface area contributed by atoms with Gasteiger partial charge in [0.25, 0.3) is 0 Å². The number of halogens is 1. The number of nitrogens with zero attached hydrogens (tertiary/aromatic N) is 1. The molecule has 0 saturated carbocycles. The van der Waals surface area contributed by atoms with Crippen LogP contribution in [0, 0.1) is 0 Å². The van der Waals surface area contributed by atoms with E-state index in [4.69, 9.17) is 4.74 Å². The van der Waals surface area contributed by atoms with Crippen LogP contribution in [0.2, 0.25) is 0 Å². The molecular weight excluding hydrogens is 389 g/mol. The Morgan fingerprint density at radius 1 is 1.09 bits per heavy atom. The molecule has 126 valence electrons. The molecule has 1 aromatic carbocycles. The van der Waals surface area contributed by atoms with Crippen molar-refractivity contribution in [3.63, 3.8) is 0 Å². The molecule has 1 aromatic rings. The first-order valence-electron chi connectivity index (χ1n) is 7.68. The summed E-state index contributed by atoms with van der Waals surface area (Å²) in [7, 11) is 0. The summed E-state index contributed by atoms with van der Waals surface area (Å²) in [5, 5.41) is 6.46. The van der Waals surface area contributed by atoms with Crippen LogP contribution >= 0.6 is 24.0 Å². The van der Waals surface area contributed by atoms with Crippen LogP contribution < -0.4 is 10.6 Å². The minimum absolute atomic E-state index is 0. The fraction of sp³-hybridized carbons (Fsp3) is 0.588. The number of ether oxygens (including phenoxy) is 1. The van der Waals surface area contributed by atoms with Crippen LogP contribution in [0.15, 0.2) is 29.3 Å². The van der Waals surface area contributed by atoms with Gasteiger partial charge in [-0.25, -0.2) is 4.99 Å². The molecule has 1 rings (SSSR count). The summed E-state index contributed by atoms with van der Waals surface area (Å²) in [4.78, 5) is 4.58. The summed E-state index contributed by atoms with van der Waals surface area (Å²) >= 11 is 0. The van der Waals surface area contributed by atoms with Crippen molar-refractivity contribution in [1.82, 2.24) is 10.6 Å². The Balaban J connectivity index is 0.00000441. The Morgan fingerprint density at radius 3 is 2.23 bits per heavy atom. The van der Waals surface area contributed by atoms with Gasteiger partial charge in [0.1, 0.15) is 0 Å². The van der Waals surface area contributed by atoms with Gasteiger partial charge in [0.15, 0.2) is 5.96 Å². The van der Waals surface area contributed by atoms with Gasteiger partial charge in [0.05, 0.1) is 18.8 Å². The normalized spacial score (nSPS) is 10.6. The van der Waals surface area contributed by atoms with Crippen molar-refractivity contribution >= 4 is 29.9 Å². The highest BCUT2D eigenvalue weighted by molar-refractivity contribution is 14.0. The smallest absolute Gasteiger partial charge is 0.191 e. The molecule has 0 atom stereocenters. The van der Waals surface area contributed by atoms with Crippen molar-refractivity contribution < 1.29 is 4.74 Å². The van der Waals surface area contributed by atoms with Gasteiger partial charge >= 0.3 is 0 Å². The third kappa shape index (κ3) is 9.25. The lowest BCUT2D eigenvalue weighted by Crippen LogP contribution is -2.36. The van der Waals surface area contributed by atoms with Crippen molar-refractivity contribution in [3.8, 4) is 0 Å². The van der Waals surface area contributed by atoms with Crippen LogP contribution in [0.25, 0.3) is 0 Å². The van der Waals surface area contributed by atoms with Gasteiger partial charge in [-0.3, -0.25) is 0 Å². The zero-order chi connectivity index (χ0) is 15.7. The van der Waals surface area contributed by atoms with E-state index in [1.165, 1.54) is 11.1 Å². The highest BCUT2D eigenvalue weighted by Crippen LogP contribution is 2.13. The van der Waals surface area contributed by atoms with Gasteiger partial charge < -0.3 is 15.4 Å². The summed E-state index contributed by atoms with van der Waals surface area (Å²) in [6, 6.07) is 8.41. The van der Waals surface area contributed by atoms with Crippen molar-refractivity contribution in [3.05, 3.63) is 35.4 Å². The molecule has 0 radical (unpaired) electrons. The van der Waals surface area contributed by atoms with Crippen LogP contribution in [0.3, 0.4) is 0 Å². The van der Waals surface area contributed by atoms with Gasteiger partial charge in [-0.05, 0) is 45.7 Å². The molecule has 22 heavy (non-hydrogen) atoms. The molecule has 0 aromatic heterocycles. The Morgan fingerprint density at radius 2 is 1.68 bits per heavy atom. The number of guanidine groups is 1. The Labute approximate surface area is 152 Å². The maximum atomic E-state index is 5.81. The maximum Gasteiger partial charge on any atom is 0.191 e. The van der Waals surface area contributed by atoms with Crippen LogP contribution in [0.4, 0.5) is 0 Å². The second kappa shape index (κ2) is 10.8. The summed E-state index contributed by atoms with van der Waals surface area (Å²) in [5.41, 5.74) is 2.27. The van der Waals surface area contributed by atoms with Gasteiger partial charge in [0, 0.05) is 13.1 Å². The van der Waals surface area contributed by atoms with Crippen LogP contribution in [0.5, 0.6) is 0 Å². The van der Waals surface area contributed by atoms with Crippen LogP contribution in [-0.2, 0) is 17.9 Å². The first-order chi connectivity index (χ1) is 9.94. The van der Waals surface area contributed by atoms with Gasteiger partial charge in [-0.1, -0.05) is 24.3 Å². The molecule has 0 aliphatic rings. The third-order valence-corrected chi connectivity index (χ3v) is 2.77. The van der Waals surface area contributed by atoms with Gasteiger partial charge in [-0.15, -0.1) is 24.0 Å². The van der Waals surface area contributed by atoms with Gasteiger partial charge in [-0.2, -0.15) is 0 Å². The molecule has 0 bridgehead atoms. The van der Waals surface area contributed by atoms with Gasteiger partial charge in [0.2, 0.25) is 0 Å². The van der Waals surface area contributed by atoms with E-state index in [9.17, 15) is 0 Å². The van der Waals surface area contributed by atoms with Crippen molar-refractivity contribution in [2.75, 3.05) is 13.1 Å². The number of hydrogen-bond acceptors (Lipinski definition) is 2. The fourth-order valence-electron chi connectivity index (χ4n) is 1.80. The number of hydrogen-bond donors (Lipinski definition) is 2. The predicted molar refractivity (Wildman–Crippen MR) is 105 cm³/mol. The predicted octanol–water partition coefficient (Wildman–Crippen LogP) is 3.69. The molecule has 0 aliphatic heterocycles. The Bertz CT molecular complexity index is 447. The first-order valence-corrected chi connectivity index (χ1v) is 7.68. The second-order valence-corrected chi connectivity index (χ2v) is 5.95. The number of benzene rings is 1. The average Bonchev–Trinajstić information content (AvgIpc) is 2.43. The summed E-state index contributed by atoms with van der Waals surface area (Å²) in [6.45, 7) is 13.4. The molecule has 2 N–H and O–H groups in total. The standard InChI is InChI=1S/C17H29N3O.HI/c1-6-18-16(19-7-2)20-12-14-9-8-10-15(11-14)13-21-17(3,4)5;/h8-11H,6-7,12-13H2,1-5H3,(H2,18,19,20);1H. The van der Waals surface area contributed by atoms with Crippen molar-refractivity contribution in [1.29, 1.82) is 0 Å². The molecule has 0 heterocycles. The summed E-state index contributed by atoms with van der Waals surface area (Å²) in [6.07, 6.45) is 0. The zero-order valence-electron chi connectivity index (χ0n) is 14.4. The van der Waals surface area contributed by atoms with Crippen molar-refractivity contribution in [2.24, 2.45) is 4.99 Å². The number of aliphatic imine (C=N–C) groups is 1. The van der Waals surface area contributed by atoms with E-state index in [-0.39, 0.29) is 29.6 Å². The third-order valence-electron chi connectivity index (χ3n) is 2.77. The van der Waals surface area contributed by atoms with Crippen LogP contribution in [0.1, 0.15) is 45.7 Å². The minimum Gasteiger partial charge on any atom is -0.371 e. The second-order valence-electron chi connectivity index (χ2n) is 5.95. The highest BCUT2D eigenvalue weighted by Gasteiger charge is 2.10. The van der Waals surface area contributed by atoms with E-state index in [0.29, 0.717) is 13.2 Å². The quantitative estimate of drug-likeness (QED) is 0.420. The lowest BCUT2D eigenvalue weighted by atomic mass is 10.1. The van der Waals surface area contributed by atoms with E-state index < -0.39 is 0 Å². The lowest BCUT2D eigenvalue weighted by molar-refractivity contribution is -0.0149.